The zero-order valence-corrected chi connectivity index (χ0v) is 24.0. The summed E-state index contributed by atoms with van der Waals surface area (Å²) >= 11 is 0. The standard InChI is InChI=1S/C33H28N2O7S/c34-19-29-27-10-6-21-17-23(41-14-3-1-2-5-31(36)37)8-12-25(21)32(27)33-26-13-9-24(42-15-4-16-43(38,39)40)18-22(26)7-11-28(33)30(29)20-35/h6-13,17-18H,1-5,14-16H2,(H,36,37)(H,38,39,40). The number of nitrogens with zero attached hydrogens (tertiary/aromatic N) is 2. The van der Waals surface area contributed by atoms with Crippen LogP contribution in [0.5, 0.6) is 11.5 Å². The van der Waals surface area contributed by atoms with Crippen LogP contribution in [0.2, 0.25) is 0 Å². The highest BCUT2D eigenvalue weighted by molar-refractivity contribution is 7.85. The molecule has 2 N–H and O–H groups in total. The van der Waals surface area contributed by atoms with Gasteiger partial charge in [0, 0.05) is 17.2 Å². The molecule has 5 aromatic carbocycles. The first-order chi connectivity index (χ1) is 20.7. The lowest BCUT2D eigenvalue weighted by Gasteiger charge is -2.15. The summed E-state index contributed by atoms with van der Waals surface area (Å²) < 4.78 is 42.6. The first kappa shape index (κ1) is 29.6. The molecule has 0 atom stereocenters. The maximum absolute atomic E-state index is 11.0. The molecule has 0 fully saturated rings. The first-order valence-electron chi connectivity index (χ1n) is 13.8. The van der Waals surface area contributed by atoms with E-state index in [1.807, 2.05) is 54.6 Å². The van der Waals surface area contributed by atoms with Crippen molar-refractivity contribution in [2.75, 3.05) is 19.0 Å². The molecule has 0 aliphatic rings. The third-order valence-electron chi connectivity index (χ3n) is 7.36. The van der Waals surface area contributed by atoms with Gasteiger partial charge in [-0.2, -0.15) is 18.9 Å². The molecule has 0 aliphatic heterocycles. The zero-order chi connectivity index (χ0) is 30.6. The molecule has 43 heavy (non-hydrogen) atoms. The van der Waals surface area contributed by atoms with Crippen molar-refractivity contribution in [3.05, 3.63) is 71.8 Å². The number of carboxylic acids is 1. The molecule has 0 saturated carbocycles. The second kappa shape index (κ2) is 12.5. The van der Waals surface area contributed by atoms with Gasteiger partial charge in [-0.1, -0.05) is 36.4 Å². The number of fused-ring (bicyclic) bond motifs is 7. The van der Waals surface area contributed by atoms with E-state index in [1.54, 1.807) is 6.07 Å². The van der Waals surface area contributed by atoms with E-state index in [2.05, 4.69) is 12.1 Å². The number of ether oxygens (including phenoxy) is 2. The van der Waals surface area contributed by atoms with Crippen LogP contribution in [-0.2, 0) is 14.9 Å². The number of nitriles is 2. The van der Waals surface area contributed by atoms with E-state index in [1.165, 1.54) is 0 Å². The van der Waals surface area contributed by atoms with Crippen LogP contribution in [0.25, 0.3) is 43.1 Å². The molecule has 0 aliphatic carbocycles. The number of rotatable bonds is 12. The van der Waals surface area contributed by atoms with E-state index in [-0.39, 0.29) is 25.2 Å². The molecule has 0 saturated heterocycles. The first-order valence-corrected chi connectivity index (χ1v) is 15.4. The Bertz CT molecular complexity index is 2080. The van der Waals surface area contributed by atoms with Gasteiger partial charge in [-0.05, 0) is 82.3 Å². The van der Waals surface area contributed by atoms with E-state index in [0.29, 0.717) is 46.4 Å². The van der Waals surface area contributed by atoms with Gasteiger partial charge >= 0.3 is 5.97 Å². The fourth-order valence-corrected chi connectivity index (χ4v) is 5.91. The average molecular weight is 597 g/mol. The van der Waals surface area contributed by atoms with Crippen molar-refractivity contribution in [3.8, 4) is 23.6 Å². The smallest absolute Gasteiger partial charge is 0.303 e. The quantitative estimate of drug-likeness (QED) is 0.0905. The molecule has 0 radical (unpaired) electrons. The van der Waals surface area contributed by atoms with Gasteiger partial charge in [0.15, 0.2) is 0 Å². The summed E-state index contributed by atoms with van der Waals surface area (Å²) in [6, 6.07) is 23.2. The van der Waals surface area contributed by atoms with Gasteiger partial charge in [-0.15, -0.1) is 0 Å². The van der Waals surface area contributed by atoms with Crippen molar-refractivity contribution in [2.45, 2.75) is 32.1 Å². The lowest BCUT2D eigenvalue weighted by molar-refractivity contribution is -0.137. The Morgan fingerprint density at radius 3 is 1.65 bits per heavy atom. The molecule has 9 nitrogen and oxygen atoms in total. The molecule has 0 spiro atoms. The van der Waals surface area contributed by atoms with Crippen molar-refractivity contribution in [2.24, 2.45) is 0 Å². The summed E-state index contributed by atoms with van der Waals surface area (Å²) in [5, 5.41) is 35.5. The molecule has 5 aromatic rings. The van der Waals surface area contributed by atoms with Gasteiger partial charge in [-0.3, -0.25) is 9.35 Å². The third kappa shape index (κ3) is 6.46. The van der Waals surface area contributed by atoms with Gasteiger partial charge in [0.1, 0.15) is 23.6 Å². The van der Waals surface area contributed by atoms with Gasteiger partial charge in [-0.25, -0.2) is 0 Å². The number of aliphatic carboxylic acids is 1. The Morgan fingerprint density at radius 1 is 0.698 bits per heavy atom. The number of carbonyl (C=O) groups is 1. The van der Waals surface area contributed by atoms with Crippen LogP contribution in [0.3, 0.4) is 0 Å². The normalized spacial score (nSPS) is 11.5. The summed E-state index contributed by atoms with van der Waals surface area (Å²) in [4.78, 5) is 10.7. The molecule has 0 bridgehead atoms. The van der Waals surface area contributed by atoms with Gasteiger partial charge in [0.25, 0.3) is 10.1 Å². The second-order valence-corrected chi connectivity index (χ2v) is 11.8. The lowest BCUT2D eigenvalue weighted by atomic mass is 9.87. The van der Waals surface area contributed by atoms with Crippen LogP contribution < -0.4 is 9.47 Å². The van der Waals surface area contributed by atoms with E-state index >= 15 is 0 Å². The van der Waals surface area contributed by atoms with Gasteiger partial charge in [0.05, 0.1) is 30.1 Å². The number of hydrogen-bond acceptors (Lipinski definition) is 7. The Balaban J connectivity index is 1.57. The van der Waals surface area contributed by atoms with Crippen molar-refractivity contribution in [1.82, 2.24) is 0 Å². The molecular formula is C33H28N2O7S. The van der Waals surface area contributed by atoms with Crippen molar-refractivity contribution in [3.63, 3.8) is 0 Å². The van der Waals surface area contributed by atoms with Crippen LogP contribution in [0.4, 0.5) is 0 Å². The summed E-state index contributed by atoms with van der Waals surface area (Å²) in [5.74, 6) is 0.0357. The Labute approximate surface area is 248 Å². The molecule has 218 valence electrons. The molecule has 0 unspecified atom stereocenters. The van der Waals surface area contributed by atoms with E-state index in [0.717, 1.165) is 45.2 Å². The second-order valence-electron chi connectivity index (χ2n) is 10.3. The van der Waals surface area contributed by atoms with Crippen LogP contribution in [0.15, 0.2) is 60.7 Å². The SMILES string of the molecule is N#Cc1c(C#N)c2ccc3cc(OCCCS(=O)(=O)O)ccc3c2c2c1ccc1cc(OCCCCCC(=O)O)ccc12. The molecule has 5 rings (SSSR count). The minimum absolute atomic E-state index is 0.114. The minimum atomic E-state index is -4.06. The summed E-state index contributed by atoms with van der Waals surface area (Å²) in [5.41, 5.74) is 0.617. The topological polar surface area (TPSA) is 158 Å². The summed E-state index contributed by atoms with van der Waals surface area (Å²) in [6.45, 7) is 0.583. The number of carboxylic acid groups (broad SMARTS) is 1. The van der Waals surface area contributed by atoms with E-state index < -0.39 is 16.1 Å². The van der Waals surface area contributed by atoms with Crippen LogP contribution in [-0.4, -0.2) is 43.0 Å². The molecular weight excluding hydrogens is 568 g/mol. The number of benzene rings is 5. The zero-order valence-electron chi connectivity index (χ0n) is 23.2. The third-order valence-corrected chi connectivity index (χ3v) is 8.17. The number of hydrogen-bond donors (Lipinski definition) is 2. The van der Waals surface area contributed by atoms with Crippen LogP contribution >= 0.6 is 0 Å². The number of unbranched alkanes of at least 4 members (excludes halogenated alkanes) is 2. The van der Waals surface area contributed by atoms with Crippen LogP contribution in [0.1, 0.15) is 43.2 Å². The lowest BCUT2D eigenvalue weighted by Crippen LogP contribution is -2.08. The largest absolute Gasteiger partial charge is 0.494 e. The maximum atomic E-state index is 11.0. The Kier molecular flexibility index (Phi) is 8.63. The van der Waals surface area contributed by atoms with E-state index in [9.17, 15) is 23.7 Å². The fourth-order valence-electron chi connectivity index (χ4n) is 5.43. The van der Waals surface area contributed by atoms with Crippen LogP contribution in [0, 0.1) is 22.7 Å². The molecule has 0 amide bonds. The minimum Gasteiger partial charge on any atom is -0.494 e. The summed E-state index contributed by atoms with van der Waals surface area (Å²) in [7, 11) is -4.06. The maximum Gasteiger partial charge on any atom is 0.303 e. The van der Waals surface area contributed by atoms with Gasteiger partial charge in [0.2, 0.25) is 0 Å². The van der Waals surface area contributed by atoms with Crippen molar-refractivity contribution < 1.29 is 32.3 Å². The Hall–Kier alpha value is -4.90. The molecule has 0 heterocycles. The van der Waals surface area contributed by atoms with E-state index in [4.69, 9.17) is 19.1 Å². The predicted octanol–water partition coefficient (Wildman–Crippen LogP) is 6.72. The highest BCUT2D eigenvalue weighted by atomic mass is 32.2. The fraction of sp³-hybridized carbons (Fsp3) is 0.242. The van der Waals surface area contributed by atoms with Gasteiger partial charge < -0.3 is 14.6 Å². The molecule has 0 aromatic heterocycles. The average Bonchev–Trinajstić information content (AvgIpc) is 2.98. The van der Waals surface area contributed by atoms with Crippen molar-refractivity contribution >= 4 is 59.2 Å². The Morgan fingerprint density at radius 2 is 1.19 bits per heavy atom. The molecule has 10 heteroatoms. The highest BCUT2D eigenvalue weighted by Crippen LogP contribution is 2.41. The summed E-state index contributed by atoms with van der Waals surface area (Å²) in [6.07, 6.45) is 2.41. The highest BCUT2D eigenvalue weighted by Gasteiger charge is 2.19. The van der Waals surface area contributed by atoms with Crippen molar-refractivity contribution in [1.29, 1.82) is 10.5 Å². The predicted molar refractivity (Wildman–Crippen MR) is 164 cm³/mol. The monoisotopic (exact) mass is 596 g/mol.